The van der Waals surface area contributed by atoms with Crippen LogP contribution in [-0.4, -0.2) is 27.0 Å². The van der Waals surface area contributed by atoms with Crippen molar-refractivity contribution in [2.24, 2.45) is 0 Å². The van der Waals surface area contributed by atoms with Crippen LogP contribution in [0.2, 0.25) is 5.02 Å². The lowest BCUT2D eigenvalue weighted by atomic mass is 10.0. The average Bonchev–Trinajstić information content (AvgIpc) is 3.29. The van der Waals surface area contributed by atoms with Gasteiger partial charge in [0.05, 0.1) is 23.8 Å². The van der Waals surface area contributed by atoms with Crippen molar-refractivity contribution in [3.8, 4) is 0 Å². The third kappa shape index (κ3) is 6.04. The van der Waals surface area contributed by atoms with Crippen LogP contribution in [-0.2, 0) is 12.3 Å². The van der Waals surface area contributed by atoms with Gasteiger partial charge in [-0.25, -0.2) is 4.98 Å². The molecule has 0 unspecified atom stereocenters. The molecule has 3 aromatic carbocycles. The Morgan fingerprint density at radius 3 is 2.54 bits per heavy atom. The molecule has 0 saturated carbocycles. The molecule has 0 radical (unpaired) electrons. The van der Waals surface area contributed by atoms with Gasteiger partial charge in [-0.15, -0.1) is 0 Å². The third-order valence-corrected chi connectivity index (χ3v) is 7.72. The highest BCUT2D eigenvalue weighted by molar-refractivity contribution is 7.98. The molecule has 1 N–H and O–H groups in total. The van der Waals surface area contributed by atoms with Gasteiger partial charge in [-0.3, -0.25) is 9.78 Å². The summed E-state index contributed by atoms with van der Waals surface area (Å²) >= 11 is 8.02. The predicted octanol–water partition coefficient (Wildman–Crippen LogP) is 6.96. The fraction of sp³-hybridized carbons (Fsp3) is 0.167. The standard InChI is InChI=1S/C30H27ClN4OS/c1-21(23-7-3-2-4-8-23)17-33-29(36)24-13-11-22(12-14-24)19-35-28-18-32-16-15-27(28)34-30(35)37-20-25-9-5-6-10-26(25)31/h2-16,18,21H,17,19-20H2,1H3,(H,33,36)/t21-/m1/s1. The van der Waals surface area contributed by atoms with E-state index < -0.39 is 0 Å². The lowest BCUT2D eigenvalue weighted by Crippen LogP contribution is -2.27. The van der Waals surface area contributed by atoms with E-state index in [1.807, 2.05) is 79.0 Å². The number of aromatic nitrogens is 3. The van der Waals surface area contributed by atoms with Crippen LogP contribution < -0.4 is 5.32 Å². The first-order chi connectivity index (χ1) is 18.1. The Bertz CT molecular complexity index is 1500. The maximum absolute atomic E-state index is 12.7. The summed E-state index contributed by atoms with van der Waals surface area (Å²) < 4.78 is 2.17. The Kier molecular flexibility index (Phi) is 7.87. The number of amides is 1. The molecule has 5 aromatic rings. The van der Waals surface area contributed by atoms with E-state index in [1.54, 1.807) is 18.0 Å². The van der Waals surface area contributed by atoms with E-state index in [-0.39, 0.29) is 11.8 Å². The van der Waals surface area contributed by atoms with Crippen LogP contribution in [0.15, 0.2) is 102 Å². The van der Waals surface area contributed by atoms with Gasteiger partial charge in [-0.1, -0.05) is 91.0 Å². The topological polar surface area (TPSA) is 59.8 Å². The second-order valence-corrected chi connectivity index (χ2v) is 10.3. The number of imidazole rings is 1. The highest BCUT2D eigenvalue weighted by atomic mass is 35.5. The lowest BCUT2D eigenvalue weighted by Gasteiger charge is -2.13. The molecule has 0 aliphatic carbocycles. The Hall–Kier alpha value is -3.61. The summed E-state index contributed by atoms with van der Waals surface area (Å²) in [5.74, 6) is 0.897. The van der Waals surface area contributed by atoms with Gasteiger partial charge in [0, 0.05) is 29.1 Å². The maximum atomic E-state index is 12.7. The predicted molar refractivity (Wildman–Crippen MR) is 151 cm³/mol. The number of rotatable bonds is 9. The Balaban J connectivity index is 1.28. The smallest absolute Gasteiger partial charge is 0.251 e. The third-order valence-electron chi connectivity index (χ3n) is 6.32. The van der Waals surface area contributed by atoms with Gasteiger partial charge < -0.3 is 9.88 Å². The summed E-state index contributed by atoms with van der Waals surface area (Å²) in [6.07, 6.45) is 3.60. The molecule has 0 aliphatic heterocycles. The normalized spacial score (nSPS) is 11.9. The van der Waals surface area contributed by atoms with Gasteiger partial charge >= 0.3 is 0 Å². The van der Waals surface area contributed by atoms with Crippen molar-refractivity contribution >= 4 is 40.3 Å². The first kappa shape index (κ1) is 25.1. The van der Waals surface area contributed by atoms with Crippen LogP contribution in [0.25, 0.3) is 11.0 Å². The van der Waals surface area contributed by atoms with Crippen LogP contribution in [0.1, 0.15) is 39.9 Å². The van der Waals surface area contributed by atoms with Crippen LogP contribution in [0, 0.1) is 0 Å². The van der Waals surface area contributed by atoms with Gasteiger partial charge in [-0.2, -0.15) is 0 Å². The van der Waals surface area contributed by atoms with E-state index >= 15 is 0 Å². The number of carbonyl (C=O) groups excluding carboxylic acids is 1. The zero-order valence-electron chi connectivity index (χ0n) is 20.5. The van der Waals surface area contributed by atoms with E-state index in [0.717, 1.165) is 38.1 Å². The van der Waals surface area contributed by atoms with E-state index in [9.17, 15) is 4.79 Å². The van der Waals surface area contributed by atoms with Gasteiger partial charge in [0.2, 0.25) is 0 Å². The number of hydrogen-bond acceptors (Lipinski definition) is 4. The minimum atomic E-state index is -0.0670. The molecule has 2 aromatic heterocycles. The Labute approximate surface area is 225 Å². The summed E-state index contributed by atoms with van der Waals surface area (Å²) in [6, 6.07) is 27.8. The van der Waals surface area contributed by atoms with Gasteiger partial charge in [0.15, 0.2) is 5.16 Å². The first-order valence-electron chi connectivity index (χ1n) is 12.2. The number of hydrogen-bond donors (Lipinski definition) is 1. The largest absolute Gasteiger partial charge is 0.351 e. The molecule has 0 spiro atoms. The molecule has 0 fully saturated rings. The van der Waals surface area contributed by atoms with Crippen molar-refractivity contribution in [1.29, 1.82) is 0 Å². The van der Waals surface area contributed by atoms with Crippen molar-refractivity contribution in [2.75, 3.05) is 6.54 Å². The molecule has 1 amide bonds. The zero-order chi connectivity index (χ0) is 25.6. The molecular formula is C30H27ClN4OS. The van der Waals surface area contributed by atoms with E-state index in [2.05, 4.69) is 33.9 Å². The van der Waals surface area contributed by atoms with Crippen LogP contribution in [0.5, 0.6) is 0 Å². The molecule has 0 aliphatic rings. The van der Waals surface area contributed by atoms with Gasteiger partial charge in [0.1, 0.15) is 0 Å². The average molecular weight is 527 g/mol. The number of nitrogens with one attached hydrogen (secondary N) is 1. The lowest BCUT2D eigenvalue weighted by molar-refractivity contribution is 0.0951. The number of fused-ring (bicyclic) bond motifs is 1. The Morgan fingerprint density at radius 2 is 1.76 bits per heavy atom. The summed E-state index contributed by atoms with van der Waals surface area (Å²) in [5, 5.41) is 4.71. The van der Waals surface area contributed by atoms with Crippen molar-refractivity contribution < 1.29 is 4.79 Å². The SMILES string of the molecule is C[C@H](CNC(=O)c1ccc(Cn2c(SCc3ccccc3Cl)nc3ccncc32)cc1)c1ccccc1. The molecule has 5 nitrogen and oxygen atoms in total. The number of carbonyl (C=O) groups is 1. The molecule has 37 heavy (non-hydrogen) atoms. The molecule has 1 atom stereocenters. The highest BCUT2D eigenvalue weighted by Crippen LogP contribution is 2.29. The van der Waals surface area contributed by atoms with Crippen LogP contribution in [0.3, 0.4) is 0 Å². The summed E-state index contributed by atoms with van der Waals surface area (Å²) in [7, 11) is 0. The molecule has 0 bridgehead atoms. The van der Waals surface area contributed by atoms with Crippen molar-refractivity contribution in [3.05, 3.63) is 125 Å². The van der Waals surface area contributed by atoms with Gasteiger partial charge in [-0.05, 0) is 46.9 Å². The maximum Gasteiger partial charge on any atom is 0.251 e. The monoisotopic (exact) mass is 526 g/mol. The van der Waals surface area contributed by atoms with E-state index in [0.29, 0.717) is 18.7 Å². The van der Waals surface area contributed by atoms with Crippen LogP contribution >= 0.6 is 23.4 Å². The number of halogens is 1. The second-order valence-electron chi connectivity index (χ2n) is 8.94. The number of benzene rings is 3. The van der Waals surface area contributed by atoms with E-state index in [4.69, 9.17) is 16.6 Å². The molecule has 5 rings (SSSR count). The summed E-state index contributed by atoms with van der Waals surface area (Å²) in [6.45, 7) is 3.33. The molecule has 7 heteroatoms. The fourth-order valence-electron chi connectivity index (χ4n) is 4.16. The van der Waals surface area contributed by atoms with Gasteiger partial charge in [0.25, 0.3) is 5.91 Å². The second kappa shape index (κ2) is 11.6. The summed E-state index contributed by atoms with van der Waals surface area (Å²) in [4.78, 5) is 21.9. The summed E-state index contributed by atoms with van der Waals surface area (Å²) in [5.41, 5.74) is 5.89. The fourth-order valence-corrected chi connectivity index (χ4v) is 5.46. The first-order valence-corrected chi connectivity index (χ1v) is 13.5. The molecular weight excluding hydrogens is 500 g/mol. The van der Waals surface area contributed by atoms with Crippen molar-refractivity contribution in [3.63, 3.8) is 0 Å². The minimum absolute atomic E-state index is 0.0670. The minimum Gasteiger partial charge on any atom is -0.351 e. The van der Waals surface area contributed by atoms with Crippen LogP contribution in [0.4, 0.5) is 0 Å². The molecule has 2 heterocycles. The zero-order valence-corrected chi connectivity index (χ0v) is 22.0. The van der Waals surface area contributed by atoms with E-state index in [1.165, 1.54) is 5.56 Å². The molecule has 0 saturated heterocycles. The molecule has 186 valence electrons. The number of thioether (sulfide) groups is 1. The van der Waals surface area contributed by atoms with Crippen molar-refractivity contribution in [1.82, 2.24) is 19.9 Å². The highest BCUT2D eigenvalue weighted by Gasteiger charge is 2.14. The number of nitrogens with zero attached hydrogens (tertiary/aromatic N) is 3. The quantitative estimate of drug-likeness (QED) is 0.211. The number of pyridine rings is 1. The Morgan fingerprint density at radius 1 is 1.00 bits per heavy atom. The van der Waals surface area contributed by atoms with Crippen molar-refractivity contribution in [2.45, 2.75) is 30.3 Å².